The van der Waals surface area contributed by atoms with E-state index in [0.717, 1.165) is 27.1 Å². The lowest BCUT2D eigenvalue weighted by molar-refractivity contribution is 0.103. The lowest BCUT2D eigenvalue weighted by Crippen LogP contribution is -2.06. The molecule has 17 heavy (non-hydrogen) atoms. The van der Waals surface area contributed by atoms with Crippen LogP contribution in [0.25, 0.3) is 0 Å². The smallest absolute Gasteiger partial charge is 0.194 e. The summed E-state index contributed by atoms with van der Waals surface area (Å²) in [6.45, 7) is 8.07. The van der Waals surface area contributed by atoms with Gasteiger partial charge in [0.1, 0.15) is 0 Å². The van der Waals surface area contributed by atoms with Crippen molar-refractivity contribution in [1.29, 1.82) is 0 Å². The molecule has 0 bridgehead atoms. The number of hydrogen-bond acceptors (Lipinski definition) is 2. The Hall–Kier alpha value is -1.41. The molecule has 0 amide bonds. The maximum absolute atomic E-state index is 12.5. The van der Waals surface area contributed by atoms with Crippen molar-refractivity contribution >= 4 is 17.1 Å². The molecule has 1 aromatic carbocycles. The summed E-state index contributed by atoms with van der Waals surface area (Å²) < 4.78 is 0. The van der Waals surface area contributed by atoms with Crippen LogP contribution in [0.3, 0.4) is 0 Å². The molecule has 1 nitrogen and oxygen atoms in total. The van der Waals surface area contributed by atoms with E-state index in [2.05, 4.69) is 19.1 Å². The van der Waals surface area contributed by atoms with Crippen LogP contribution >= 0.6 is 11.3 Å². The van der Waals surface area contributed by atoms with Crippen molar-refractivity contribution in [2.24, 2.45) is 0 Å². The maximum atomic E-state index is 12.5. The predicted octanol–water partition coefficient (Wildman–Crippen LogP) is 4.21. The molecular formula is C15H16OS. The molecule has 1 aromatic heterocycles. The fourth-order valence-corrected chi connectivity index (χ4v) is 2.99. The van der Waals surface area contributed by atoms with E-state index in [1.54, 1.807) is 11.3 Å². The van der Waals surface area contributed by atoms with Crippen molar-refractivity contribution in [3.63, 3.8) is 0 Å². The summed E-state index contributed by atoms with van der Waals surface area (Å²) in [5, 5.41) is 1.97. The second-order valence-corrected chi connectivity index (χ2v) is 5.61. The third-order valence-corrected chi connectivity index (χ3v) is 3.85. The number of hydrogen-bond donors (Lipinski definition) is 0. The minimum atomic E-state index is 0.152. The minimum absolute atomic E-state index is 0.152. The molecule has 0 spiro atoms. The molecule has 0 aliphatic carbocycles. The Morgan fingerprint density at radius 3 is 2.12 bits per heavy atom. The van der Waals surface area contributed by atoms with Gasteiger partial charge in [-0.25, -0.2) is 0 Å². The van der Waals surface area contributed by atoms with Gasteiger partial charge in [0, 0.05) is 16.0 Å². The van der Waals surface area contributed by atoms with Crippen molar-refractivity contribution in [2.45, 2.75) is 27.7 Å². The van der Waals surface area contributed by atoms with Crippen LogP contribution in [0.4, 0.5) is 0 Å². The molecule has 0 unspecified atom stereocenters. The molecule has 0 radical (unpaired) electrons. The second-order valence-electron chi connectivity index (χ2n) is 4.49. The van der Waals surface area contributed by atoms with Gasteiger partial charge in [0.2, 0.25) is 0 Å². The highest BCUT2D eigenvalue weighted by atomic mass is 32.1. The van der Waals surface area contributed by atoms with Gasteiger partial charge in [0.25, 0.3) is 0 Å². The summed E-state index contributed by atoms with van der Waals surface area (Å²) in [7, 11) is 0. The number of ketones is 1. The molecule has 0 aliphatic rings. The molecule has 0 N–H and O–H groups in total. The molecule has 0 aliphatic heterocycles. The highest BCUT2D eigenvalue weighted by Crippen LogP contribution is 2.24. The zero-order valence-electron chi connectivity index (χ0n) is 10.6. The van der Waals surface area contributed by atoms with E-state index < -0.39 is 0 Å². The van der Waals surface area contributed by atoms with E-state index in [1.165, 1.54) is 5.56 Å². The Labute approximate surface area is 106 Å². The van der Waals surface area contributed by atoms with Gasteiger partial charge in [-0.2, -0.15) is 0 Å². The number of rotatable bonds is 2. The van der Waals surface area contributed by atoms with Crippen molar-refractivity contribution < 1.29 is 4.79 Å². The summed E-state index contributed by atoms with van der Waals surface area (Å²) in [6.07, 6.45) is 0. The van der Waals surface area contributed by atoms with Gasteiger partial charge in [-0.1, -0.05) is 17.7 Å². The van der Waals surface area contributed by atoms with Crippen LogP contribution in [-0.2, 0) is 0 Å². The van der Waals surface area contributed by atoms with Crippen LogP contribution in [0, 0.1) is 27.7 Å². The quantitative estimate of drug-likeness (QED) is 0.723. The standard InChI is InChI=1S/C15H16OS/c1-9-7-10(2)14(11(3)8-9)15(16)13-5-6-17-12(13)4/h5-8H,1-4H3. The predicted molar refractivity (Wildman–Crippen MR) is 73.1 cm³/mol. The summed E-state index contributed by atoms with van der Waals surface area (Å²) in [6, 6.07) is 6.06. The van der Waals surface area contributed by atoms with Crippen LogP contribution in [-0.4, -0.2) is 5.78 Å². The first-order valence-corrected chi connectivity index (χ1v) is 6.55. The average molecular weight is 244 g/mol. The van der Waals surface area contributed by atoms with Gasteiger partial charge in [-0.05, 0) is 50.3 Å². The highest BCUT2D eigenvalue weighted by Gasteiger charge is 2.17. The fraction of sp³-hybridized carbons (Fsp3) is 0.267. The van der Waals surface area contributed by atoms with Crippen LogP contribution in [0.1, 0.15) is 37.5 Å². The molecule has 0 saturated heterocycles. The molecular weight excluding hydrogens is 228 g/mol. The summed E-state index contributed by atoms with van der Waals surface area (Å²) in [5.41, 5.74) is 5.04. The summed E-state index contributed by atoms with van der Waals surface area (Å²) in [4.78, 5) is 13.6. The SMILES string of the molecule is Cc1cc(C)c(C(=O)c2ccsc2C)c(C)c1. The zero-order valence-corrected chi connectivity index (χ0v) is 11.4. The monoisotopic (exact) mass is 244 g/mol. The lowest BCUT2D eigenvalue weighted by atomic mass is 9.93. The molecule has 88 valence electrons. The number of aryl methyl sites for hydroxylation is 4. The van der Waals surface area contributed by atoms with Gasteiger partial charge in [-0.3, -0.25) is 4.79 Å². The van der Waals surface area contributed by atoms with Crippen molar-refractivity contribution in [3.05, 3.63) is 56.3 Å². The van der Waals surface area contributed by atoms with Crippen molar-refractivity contribution in [1.82, 2.24) is 0 Å². The first-order chi connectivity index (χ1) is 8.00. The molecule has 0 saturated carbocycles. The maximum Gasteiger partial charge on any atom is 0.194 e. The van der Waals surface area contributed by atoms with Gasteiger partial charge in [-0.15, -0.1) is 11.3 Å². The molecule has 2 heteroatoms. The Bertz CT molecular complexity index is 555. The molecule has 2 aromatic rings. The number of thiophene rings is 1. The Morgan fingerprint density at radius 1 is 1.06 bits per heavy atom. The largest absolute Gasteiger partial charge is 0.289 e. The minimum Gasteiger partial charge on any atom is -0.289 e. The third kappa shape index (κ3) is 2.18. The summed E-state index contributed by atoms with van der Waals surface area (Å²) in [5.74, 6) is 0.152. The molecule has 2 rings (SSSR count). The molecule has 1 heterocycles. The first-order valence-electron chi connectivity index (χ1n) is 5.67. The highest BCUT2D eigenvalue weighted by molar-refractivity contribution is 7.10. The fourth-order valence-electron chi connectivity index (χ4n) is 2.29. The van der Waals surface area contributed by atoms with E-state index in [4.69, 9.17) is 0 Å². The van der Waals surface area contributed by atoms with Crippen molar-refractivity contribution in [3.8, 4) is 0 Å². The Morgan fingerprint density at radius 2 is 1.65 bits per heavy atom. The second kappa shape index (κ2) is 4.46. The van der Waals surface area contributed by atoms with Gasteiger partial charge >= 0.3 is 0 Å². The Kier molecular flexibility index (Phi) is 3.16. The molecule has 0 atom stereocenters. The summed E-state index contributed by atoms with van der Waals surface area (Å²) >= 11 is 1.62. The van der Waals surface area contributed by atoms with E-state index in [-0.39, 0.29) is 5.78 Å². The topological polar surface area (TPSA) is 17.1 Å². The Balaban J connectivity index is 2.56. The van der Waals surface area contributed by atoms with Crippen LogP contribution in [0.15, 0.2) is 23.6 Å². The normalized spacial score (nSPS) is 10.6. The third-order valence-electron chi connectivity index (χ3n) is 3.01. The van der Waals surface area contributed by atoms with Gasteiger partial charge in [0.05, 0.1) is 0 Å². The number of carbonyl (C=O) groups excluding carboxylic acids is 1. The van der Waals surface area contributed by atoms with Gasteiger partial charge < -0.3 is 0 Å². The average Bonchev–Trinajstić information content (AvgIpc) is 2.62. The van der Waals surface area contributed by atoms with Crippen molar-refractivity contribution in [2.75, 3.05) is 0 Å². The molecule has 0 fully saturated rings. The van der Waals surface area contributed by atoms with Crippen LogP contribution < -0.4 is 0 Å². The van der Waals surface area contributed by atoms with E-state index >= 15 is 0 Å². The zero-order chi connectivity index (χ0) is 12.6. The lowest BCUT2D eigenvalue weighted by Gasteiger charge is -2.10. The van der Waals surface area contributed by atoms with E-state index in [1.807, 2.05) is 32.2 Å². The number of carbonyl (C=O) groups is 1. The van der Waals surface area contributed by atoms with E-state index in [0.29, 0.717) is 0 Å². The van der Waals surface area contributed by atoms with Crippen LogP contribution in [0.5, 0.6) is 0 Å². The van der Waals surface area contributed by atoms with Crippen LogP contribution in [0.2, 0.25) is 0 Å². The van der Waals surface area contributed by atoms with E-state index in [9.17, 15) is 4.79 Å². The van der Waals surface area contributed by atoms with Gasteiger partial charge in [0.15, 0.2) is 5.78 Å². The first kappa shape index (κ1) is 12.1. The number of benzene rings is 1.